The topological polar surface area (TPSA) is 93.4 Å². The van der Waals surface area contributed by atoms with Gasteiger partial charge in [0.25, 0.3) is 5.89 Å². The van der Waals surface area contributed by atoms with Crippen LogP contribution in [0.5, 0.6) is 5.75 Å². The van der Waals surface area contributed by atoms with E-state index in [9.17, 15) is 4.79 Å². The number of hydrogen-bond donors (Lipinski definition) is 1. The first-order valence-corrected chi connectivity index (χ1v) is 11.7. The van der Waals surface area contributed by atoms with Crippen molar-refractivity contribution in [1.82, 2.24) is 20.4 Å². The van der Waals surface area contributed by atoms with Crippen LogP contribution in [0.25, 0.3) is 22.8 Å². The summed E-state index contributed by atoms with van der Waals surface area (Å²) in [5, 5.41) is 7.22. The first-order valence-electron chi connectivity index (χ1n) is 11.7. The molecule has 0 radical (unpaired) electrons. The van der Waals surface area contributed by atoms with E-state index in [4.69, 9.17) is 9.26 Å². The zero-order chi connectivity index (χ0) is 24.0. The molecule has 0 bridgehead atoms. The molecule has 0 unspecified atom stereocenters. The van der Waals surface area contributed by atoms with Gasteiger partial charge in [-0.2, -0.15) is 4.98 Å². The Morgan fingerprint density at radius 1 is 1.06 bits per heavy atom. The zero-order valence-electron chi connectivity index (χ0n) is 19.6. The number of nitrogens with one attached hydrogen (secondary N) is 1. The molecule has 0 spiro atoms. The van der Waals surface area contributed by atoms with E-state index in [1.807, 2.05) is 66.7 Å². The standard InChI is InChI=1S/C27H27N5O3/c1-34-22-11-9-19(10-12-22)18-29-26(33)21-13-16-32(17-14-21)25-23(8-5-15-28-25)27-30-24(31-35-27)20-6-3-2-4-7-20/h2-12,15,21H,13-14,16-18H2,1H3,(H,29,33). The van der Waals surface area contributed by atoms with Crippen LogP contribution in [0.1, 0.15) is 18.4 Å². The van der Waals surface area contributed by atoms with Crippen molar-refractivity contribution in [3.05, 3.63) is 78.5 Å². The second-order valence-corrected chi connectivity index (χ2v) is 8.49. The average molecular weight is 470 g/mol. The zero-order valence-corrected chi connectivity index (χ0v) is 19.6. The second-order valence-electron chi connectivity index (χ2n) is 8.49. The summed E-state index contributed by atoms with van der Waals surface area (Å²) in [6, 6.07) is 21.3. The first-order chi connectivity index (χ1) is 17.2. The van der Waals surface area contributed by atoms with Crippen LogP contribution in [-0.2, 0) is 11.3 Å². The number of nitrogens with zero attached hydrogens (tertiary/aromatic N) is 4. The number of anilines is 1. The first kappa shape index (κ1) is 22.6. The van der Waals surface area contributed by atoms with E-state index in [0.717, 1.165) is 54.2 Å². The Morgan fingerprint density at radius 3 is 2.57 bits per heavy atom. The molecule has 1 fully saturated rings. The van der Waals surface area contributed by atoms with Gasteiger partial charge in [-0.1, -0.05) is 47.6 Å². The molecule has 1 aliphatic rings. The second kappa shape index (κ2) is 10.4. The van der Waals surface area contributed by atoms with Crippen LogP contribution in [0.4, 0.5) is 5.82 Å². The Bertz CT molecular complexity index is 1270. The van der Waals surface area contributed by atoms with Gasteiger partial charge in [0.1, 0.15) is 11.6 Å². The average Bonchev–Trinajstić information content (AvgIpc) is 3.43. The van der Waals surface area contributed by atoms with E-state index in [-0.39, 0.29) is 11.8 Å². The van der Waals surface area contributed by atoms with Crippen LogP contribution >= 0.6 is 0 Å². The van der Waals surface area contributed by atoms with Gasteiger partial charge < -0.3 is 19.5 Å². The highest BCUT2D eigenvalue weighted by atomic mass is 16.5. The van der Waals surface area contributed by atoms with Crippen LogP contribution in [-0.4, -0.2) is 41.2 Å². The van der Waals surface area contributed by atoms with E-state index < -0.39 is 0 Å². The fourth-order valence-electron chi connectivity index (χ4n) is 4.28. The summed E-state index contributed by atoms with van der Waals surface area (Å²) in [6.45, 7) is 1.96. The maximum Gasteiger partial charge on any atom is 0.261 e. The molecule has 0 aliphatic carbocycles. The predicted octanol–water partition coefficient (Wildman–Crippen LogP) is 4.34. The highest BCUT2D eigenvalue weighted by Gasteiger charge is 2.27. The third kappa shape index (κ3) is 5.16. The number of hydrogen-bond acceptors (Lipinski definition) is 7. The molecule has 1 N–H and O–H groups in total. The van der Waals surface area contributed by atoms with Gasteiger partial charge in [0.05, 0.1) is 12.7 Å². The van der Waals surface area contributed by atoms with Crippen LogP contribution in [0, 0.1) is 5.92 Å². The van der Waals surface area contributed by atoms with Crippen molar-refractivity contribution >= 4 is 11.7 Å². The van der Waals surface area contributed by atoms with E-state index in [2.05, 4.69) is 25.3 Å². The fourth-order valence-corrected chi connectivity index (χ4v) is 4.28. The molecule has 1 saturated heterocycles. The summed E-state index contributed by atoms with van der Waals surface area (Å²) in [7, 11) is 1.64. The molecule has 8 nitrogen and oxygen atoms in total. The number of carbonyl (C=O) groups is 1. The molecular weight excluding hydrogens is 442 g/mol. The lowest BCUT2D eigenvalue weighted by Gasteiger charge is -2.32. The molecule has 2 aromatic heterocycles. The summed E-state index contributed by atoms with van der Waals surface area (Å²) < 4.78 is 10.8. The highest BCUT2D eigenvalue weighted by molar-refractivity contribution is 5.79. The van der Waals surface area contributed by atoms with Crippen molar-refractivity contribution in [2.75, 3.05) is 25.1 Å². The molecule has 35 heavy (non-hydrogen) atoms. The number of benzene rings is 2. The number of carbonyl (C=O) groups excluding carboxylic acids is 1. The normalized spacial score (nSPS) is 14.0. The molecule has 8 heteroatoms. The SMILES string of the molecule is COc1ccc(CNC(=O)C2CCN(c3ncccc3-c3nc(-c4ccccc4)no3)CC2)cc1. The lowest BCUT2D eigenvalue weighted by molar-refractivity contribution is -0.125. The van der Waals surface area contributed by atoms with Crippen LogP contribution < -0.4 is 15.0 Å². The molecule has 1 amide bonds. The molecule has 0 saturated carbocycles. The maximum atomic E-state index is 12.8. The summed E-state index contributed by atoms with van der Waals surface area (Å²) in [6.07, 6.45) is 3.27. The van der Waals surface area contributed by atoms with Gasteiger partial charge in [0.2, 0.25) is 11.7 Å². The quantitative estimate of drug-likeness (QED) is 0.430. The number of amides is 1. The van der Waals surface area contributed by atoms with E-state index in [0.29, 0.717) is 18.3 Å². The third-order valence-corrected chi connectivity index (χ3v) is 6.27. The third-order valence-electron chi connectivity index (χ3n) is 6.27. The monoisotopic (exact) mass is 469 g/mol. The van der Waals surface area contributed by atoms with Crippen molar-refractivity contribution < 1.29 is 14.1 Å². The summed E-state index contributed by atoms with van der Waals surface area (Å²) in [4.78, 5) is 24.2. The molecule has 5 rings (SSSR count). The number of piperidine rings is 1. The van der Waals surface area contributed by atoms with Gasteiger partial charge in [-0.15, -0.1) is 0 Å². The van der Waals surface area contributed by atoms with Crippen molar-refractivity contribution in [3.8, 4) is 28.6 Å². The Kier molecular flexibility index (Phi) is 6.70. The van der Waals surface area contributed by atoms with Crippen molar-refractivity contribution in [2.24, 2.45) is 5.92 Å². The molecule has 2 aromatic carbocycles. The predicted molar refractivity (Wildman–Crippen MR) is 133 cm³/mol. The molecule has 1 aliphatic heterocycles. The maximum absolute atomic E-state index is 12.8. The Morgan fingerprint density at radius 2 is 1.83 bits per heavy atom. The number of ether oxygens (including phenoxy) is 1. The van der Waals surface area contributed by atoms with Crippen molar-refractivity contribution in [1.29, 1.82) is 0 Å². The molecule has 178 valence electrons. The van der Waals surface area contributed by atoms with E-state index >= 15 is 0 Å². The van der Waals surface area contributed by atoms with Crippen molar-refractivity contribution in [2.45, 2.75) is 19.4 Å². The van der Waals surface area contributed by atoms with E-state index in [1.165, 1.54) is 0 Å². The lowest BCUT2D eigenvalue weighted by atomic mass is 9.95. The Labute approximate surface area is 204 Å². The number of pyridine rings is 1. The number of aromatic nitrogens is 3. The smallest absolute Gasteiger partial charge is 0.261 e. The minimum Gasteiger partial charge on any atom is -0.497 e. The molecule has 0 atom stereocenters. The van der Waals surface area contributed by atoms with Crippen LogP contribution in [0.2, 0.25) is 0 Å². The summed E-state index contributed by atoms with van der Waals surface area (Å²) in [5.74, 6) is 2.65. The summed E-state index contributed by atoms with van der Waals surface area (Å²) >= 11 is 0. The van der Waals surface area contributed by atoms with Crippen molar-refractivity contribution in [3.63, 3.8) is 0 Å². The number of methoxy groups -OCH3 is 1. The van der Waals surface area contributed by atoms with E-state index in [1.54, 1.807) is 13.3 Å². The highest BCUT2D eigenvalue weighted by Crippen LogP contribution is 2.32. The van der Waals surface area contributed by atoms with Gasteiger partial charge >= 0.3 is 0 Å². The summed E-state index contributed by atoms with van der Waals surface area (Å²) in [5.41, 5.74) is 2.74. The van der Waals surface area contributed by atoms with Gasteiger partial charge in [-0.05, 0) is 42.7 Å². The fraction of sp³-hybridized carbons (Fsp3) is 0.259. The van der Waals surface area contributed by atoms with Crippen LogP contribution in [0.3, 0.4) is 0 Å². The Balaban J connectivity index is 1.21. The minimum atomic E-state index is -0.0234. The molecule has 4 aromatic rings. The number of rotatable bonds is 7. The van der Waals surface area contributed by atoms with Gasteiger partial charge in [0.15, 0.2) is 0 Å². The Hall–Kier alpha value is -4.20. The minimum absolute atomic E-state index is 0.0234. The molecular formula is C27H27N5O3. The lowest BCUT2D eigenvalue weighted by Crippen LogP contribution is -2.40. The van der Waals surface area contributed by atoms with Gasteiger partial charge in [-0.25, -0.2) is 4.98 Å². The van der Waals surface area contributed by atoms with Gasteiger partial charge in [-0.3, -0.25) is 4.79 Å². The largest absolute Gasteiger partial charge is 0.497 e. The van der Waals surface area contributed by atoms with Crippen LogP contribution in [0.15, 0.2) is 77.4 Å². The molecule has 3 heterocycles. The van der Waals surface area contributed by atoms with Gasteiger partial charge in [0, 0.05) is 37.3 Å².